The maximum absolute atomic E-state index is 12.2. The summed E-state index contributed by atoms with van der Waals surface area (Å²) in [6.07, 6.45) is 4.45. The lowest BCUT2D eigenvalue weighted by Gasteiger charge is -2.32. The second-order valence-corrected chi connectivity index (χ2v) is 7.36. The van der Waals surface area contributed by atoms with Crippen LogP contribution in [-0.2, 0) is 17.8 Å². The predicted molar refractivity (Wildman–Crippen MR) is 102 cm³/mol. The first-order chi connectivity index (χ1) is 12.6. The molecule has 1 aromatic heterocycles. The second-order valence-electron chi connectivity index (χ2n) is 6.95. The lowest BCUT2D eigenvalue weighted by atomic mass is 9.98. The van der Waals surface area contributed by atoms with Gasteiger partial charge in [-0.2, -0.15) is 0 Å². The molecule has 1 saturated heterocycles. The van der Waals surface area contributed by atoms with E-state index < -0.39 is 0 Å². The number of aromatic nitrogens is 3. The second kappa shape index (κ2) is 9.14. The van der Waals surface area contributed by atoms with Gasteiger partial charge in [0.25, 0.3) is 0 Å². The van der Waals surface area contributed by atoms with Gasteiger partial charge in [0.2, 0.25) is 5.91 Å². The van der Waals surface area contributed by atoms with Crippen LogP contribution in [0.3, 0.4) is 0 Å². The van der Waals surface area contributed by atoms with Gasteiger partial charge < -0.3 is 14.8 Å². The minimum absolute atomic E-state index is 0.0374. The third kappa shape index (κ3) is 5.29. The van der Waals surface area contributed by atoms with Crippen molar-refractivity contribution in [2.45, 2.75) is 32.7 Å². The van der Waals surface area contributed by atoms with Gasteiger partial charge in [0.05, 0.1) is 6.42 Å². The van der Waals surface area contributed by atoms with Crippen LogP contribution < -0.4 is 5.32 Å². The molecule has 0 saturated carbocycles. The molecule has 1 aliphatic heterocycles. The molecule has 2 aromatic rings. The molecule has 0 bridgehead atoms. The summed E-state index contributed by atoms with van der Waals surface area (Å²) in [6.45, 7) is 6.73. The van der Waals surface area contributed by atoms with Crippen molar-refractivity contribution in [3.8, 4) is 0 Å². The van der Waals surface area contributed by atoms with Crippen molar-refractivity contribution in [1.82, 2.24) is 25.0 Å². The quantitative estimate of drug-likeness (QED) is 0.806. The van der Waals surface area contributed by atoms with Gasteiger partial charge in [0.1, 0.15) is 12.2 Å². The zero-order valence-corrected chi connectivity index (χ0v) is 16.0. The first-order valence-electron chi connectivity index (χ1n) is 9.18. The Bertz CT molecular complexity index is 732. The number of nitrogens with one attached hydrogen (secondary N) is 1. The Balaban J connectivity index is 1.41. The van der Waals surface area contributed by atoms with Crippen molar-refractivity contribution in [2.24, 2.45) is 5.92 Å². The van der Waals surface area contributed by atoms with Gasteiger partial charge >= 0.3 is 0 Å². The van der Waals surface area contributed by atoms with Crippen LogP contribution in [0, 0.1) is 12.8 Å². The molecular weight excluding hydrogens is 350 g/mol. The molecule has 1 atom stereocenters. The largest absolute Gasteiger partial charge is 0.355 e. The number of hydrogen-bond donors (Lipinski definition) is 1. The summed E-state index contributed by atoms with van der Waals surface area (Å²) in [5.74, 6) is 1.49. The minimum atomic E-state index is 0.0374. The number of rotatable bonds is 7. The Morgan fingerprint density at radius 3 is 2.96 bits per heavy atom. The zero-order chi connectivity index (χ0) is 18.4. The van der Waals surface area contributed by atoms with E-state index in [-0.39, 0.29) is 5.91 Å². The lowest BCUT2D eigenvalue weighted by Crippen LogP contribution is -2.42. The van der Waals surface area contributed by atoms with Gasteiger partial charge in [0, 0.05) is 31.2 Å². The molecule has 1 aliphatic rings. The zero-order valence-electron chi connectivity index (χ0n) is 15.2. The fourth-order valence-electron chi connectivity index (χ4n) is 3.44. The molecule has 2 heterocycles. The molecule has 7 heteroatoms. The van der Waals surface area contributed by atoms with E-state index in [0.29, 0.717) is 17.4 Å². The van der Waals surface area contributed by atoms with Gasteiger partial charge in [-0.1, -0.05) is 29.8 Å². The van der Waals surface area contributed by atoms with Gasteiger partial charge in [-0.15, -0.1) is 10.2 Å². The van der Waals surface area contributed by atoms with Gasteiger partial charge in [-0.25, -0.2) is 0 Å². The van der Waals surface area contributed by atoms with Crippen LogP contribution in [0.5, 0.6) is 0 Å². The average molecular weight is 376 g/mol. The number of carbonyl (C=O) groups is 1. The van der Waals surface area contributed by atoms with E-state index >= 15 is 0 Å². The topological polar surface area (TPSA) is 63.1 Å². The highest BCUT2D eigenvalue weighted by atomic mass is 35.5. The number of benzene rings is 1. The predicted octanol–water partition coefficient (Wildman–Crippen LogP) is 2.31. The fraction of sp³-hybridized carbons (Fsp3) is 0.526. The summed E-state index contributed by atoms with van der Waals surface area (Å²) in [5, 5.41) is 11.7. The van der Waals surface area contributed by atoms with Crippen LogP contribution in [0.4, 0.5) is 0 Å². The maximum atomic E-state index is 12.2. The molecule has 0 spiro atoms. The fourth-order valence-corrected chi connectivity index (χ4v) is 3.64. The van der Waals surface area contributed by atoms with Crippen LogP contribution in [-0.4, -0.2) is 51.8 Å². The van der Waals surface area contributed by atoms with E-state index in [1.807, 2.05) is 31.2 Å². The molecule has 6 nitrogen and oxygen atoms in total. The Hall–Kier alpha value is -1.92. The van der Waals surface area contributed by atoms with E-state index in [1.165, 1.54) is 6.42 Å². The Morgan fingerprint density at radius 2 is 2.19 bits per heavy atom. The van der Waals surface area contributed by atoms with Crippen LogP contribution in [0.15, 0.2) is 30.6 Å². The van der Waals surface area contributed by atoms with E-state index in [1.54, 1.807) is 6.33 Å². The summed E-state index contributed by atoms with van der Waals surface area (Å²) in [4.78, 5) is 14.7. The van der Waals surface area contributed by atoms with Crippen molar-refractivity contribution in [3.63, 3.8) is 0 Å². The first-order valence-corrected chi connectivity index (χ1v) is 9.56. The van der Waals surface area contributed by atoms with Crippen LogP contribution in [0.1, 0.15) is 24.2 Å². The van der Waals surface area contributed by atoms with Crippen molar-refractivity contribution < 1.29 is 4.79 Å². The molecule has 1 aromatic carbocycles. The molecule has 0 radical (unpaired) electrons. The van der Waals surface area contributed by atoms with E-state index in [2.05, 4.69) is 25.0 Å². The number of nitrogens with zero attached hydrogens (tertiary/aromatic N) is 4. The van der Waals surface area contributed by atoms with Crippen molar-refractivity contribution in [1.29, 1.82) is 0 Å². The molecule has 3 rings (SSSR count). The highest BCUT2D eigenvalue weighted by Crippen LogP contribution is 2.17. The summed E-state index contributed by atoms with van der Waals surface area (Å²) in [7, 11) is 0. The summed E-state index contributed by atoms with van der Waals surface area (Å²) in [6, 6.07) is 7.50. The minimum Gasteiger partial charge on any atom is -0.355 e. The number of amides is 1. The summed E-state index contributed by atoms with van der Waals surface area (Å²) >= 11 is 6.13. The molecule has 1 N–H and O–H groups in total. The van der Waals surface area contributed by atoms with Crippen LogP contribution in [0.25, 0.3) is 0 Å². The Morgan fingerprint density at radius 1 is 1.35 bits per heavy atom. The molecule has 1 amide bonds. The van der Waals surface area contributed by atoms with E-state index in [0.717, 1.165) is 50.5 Å². The number of likely N-dealkylation sites (tertiary alicyclic amines) is 1. The van der Waals surface area contributed by atoms with Crippen molar-refractivity contribution in [3.05, 3.63) is 47.0 Å². The monoisotopic (exact) mass is 375 g/mol. The molecule has 26 heavy (non-hydrogen) atoms. The van der Waals surface area contributed by atoms with Gasteiger partial charge in [0.15, 0.2) is 0 Å². The lowest BCUT2D eigenvalue weighted by molar-refractivity contribution is -0.120. The van der Waals surface area contributed by atoms with Gasteiger partial charge in [-0.05, 0) is 43.9 Å². The SMILES string of the molecule is Cc1nncn1CCN1CCCC(CNC(=O)Cc2ccccc2Cl)C1. The van der Waals surface area contributed by atoms with Crippen molar-refractivity contribution in [2.75, 3.05) is 26.2 Å². The number of piperidine rings is 1. The van der Waals surface area contributed by atoms with E-state index in [9.17, 15) is 4.79 Å². The standard InChI is InChI=1S/C19H26ClN5O/c1-15-23-22-14-25(15)10-9-24-8-4-5-16(13-24)12-21-19(26)11-17-6-2-3-7-18(17)20/h2-3,6-7,14,16H,4-5,8-13H2,1H3,(H,21,26). The van der Waals surface area contributed by atoms with Crippen LogP contribution >= 0.6 is 11.6 Å². The smallest absolute Gasteiger partial charge is 0.224 e. The highest BCUT2D eigenvalue weighted by Gasteiger charge is 2.20. The summed E-state index contributed by atoms with van der Waals surface area (Å²) in [5.41, 5.74) is 0.876. The van der Waals surface area contributed by atoms with E-state index in [4.69, 9.17) is 11.6 Å². The van der Waals surface area contributed by atoms with Crippen molar-refractivity contribution >= 4 is 17.5 Å². The summed E-state index contributed by atoms with van der Waals surface area (Å²) < 4.78 is 2.08. The molecule has 0 aliphatic carbocycles. The molecule has 1 unspecified atom stereocenters. The average Bonchev–Trinajstić information content (AvgIpc) is 3.05. The van der Waals surface area contributed by atoms with Gasteiger partial charge in [-0.3, -0.25) is 4.79 Å². The first kappa shape index (κ1) is 18.9. The third-order valence-corrected chi connectivity index (χ3v) is 5.33. The molecular formula is C19H26ClN5O. The number of halogens is 1. The number of hydrogen-bond acceptors (Lipinski definition) is 4. The Labute approximate surface area is 159 Å². The van der Waals surface area contributed by atoms with Crippen LogP contribution in [0.2, 0.25) is 5.02 Å². The number of aryl methyl sites for hydroxylation is 1. The molecule has 1 fully saturated rings. The maximum Gasteiger partial charge on any atom is 0.224 e. The highest BCUT2D eigenvalue weighted by molar-refractivity contribution is 6.31. The normalized spacial score (nSPS) is 18.0. The third-order valence-electron chi connectivity index (χ3n) is 4.97. The number of carbonyl (C=O) groups excluding carboxylic acids is 1. The Kier molecular flexibility index (Phi) is 6.63. The molecule has 140 valence electrons.